The van der Waals surface area contributed by atoms with Crippen molar-refractivity contribution in [3.05, 3.63) is 0 Å². The molecule has 0 aromatic heterocycles. The molecule has 176 valence electrons. The number of hydrogen-bond acceptors (Lipinski definition) is 10. The minimum absolute atomic E-state index is 0.0178. The summed E-state index contributed by atoms with van der Waals surface area (Å²) < 4.78 is 51.8. The molecule has 10 nitrogen and oxygen atoms in total. The second-order valence-corrected chi connectivity index (χ2v) is 8.33. The molecule has 0 radical (unpaired) electrons. The van der Waals surface area contributed by atoms with Gasteiger partial charge in [0.2, 0.25) is 0 Å². The molecule has 3 aliphatic heterocycles. The maximum absolute atomic E-state index is 8.61. The van der Waals surface area contributed by atoms with Gasteiger partial charge in [0.1, 0.15) is 24.4 Å². The Kier molecular flexibility index (Phi) is 8.85. The number of rotatable bonds is 13. The van der Waals surface area contributed by atoms with Crippen LogP contribution in [0.15, 0.2) is 0 Å². The molecule has 10 heteroatoms. The lowest BCUT2D eigenvalue weighted by atomic mass is 10.1. The summed E-state index contributed by atoms with van der Waals surface area (Å²) in [6.07, 6.45) is -1.78. The van der Waals surface area contributed by atoms with E-state index in [0.29, 0.717) is 52.9 Å². The molecule has 0 aromatic carbocycles. The van der Waals surface area contributed by atoms with E-state index < -0.39 is 17.9 Å². The molecule has 0 amide bonds. The van der Waals surface area contributed by atoms with Crippen LogP contribution in [0.2, 0.25) is 0 Å². The van der Waals surface area contributed by atoms with Crippen LogP contribution in [-0.4, -0.2) is 107 Å². The van der Waals surface area contributed by atoms with Gasteiger partial charge in [0.25, 0.3) is 0 Å². The molecule has 0 bridgehead atoms. The molecule has 30 heavy (non-hydrogen) atoms. The second kappa shape index (κ2) is 11.0. The highest BCUT2D eigenvalue weighted by molar-refractivity contribution is 4.98. The van der Waals surface area contributed by atoms with Crippen molar-refractivity contribution >= 4 is 0 Å². The summed E-state index contributed by atoms with van der Waals surface area (Å²) in [6, 6.07) is 0. The highest BCUT2D eigenvalue weighted by Crippen LogP contribution is 2.41. The van der Waals surface area contributed by atoms with E-state index in [1.54, 1.807) is 0 Å². The third-order valence-electron chi connectivity index (χ3n) is 4.94. The van der Waals surface area contributed by atoms with E-state index in [4.69, 9.17) is 47.7 Å². The van der Waals surface area contributed by atoms with Crippen LogP contribution in [0, 0.1) is 0 Å². The van der Waals surface area contributed by atoms with Crippen LogP contribution in [0.4, 0.5) is 0 Å². The molecule has 0 saturated carbocycles. The van der Waals surface area contributed by atoms with Crippen LogP contribution in [-0.2, 0) is 42.6 Å². The Hall–Kier alpha value is -0.400. The van der Waals surface area contributed by atoms with Gasteiger partial charge in [-0.15, -0.1) is 0 Å². The molecule has 0 spiro atoms. The fraction of sp³-hybridized carbons (Fsp3) is 1.00. The van der Waals surface area contributed by atoms with Crippen LogP contribution in [0.1, 0.15) is 27.7 Å². The fourth-order valence-electron chi connectivity index (χ4n) is 3.72. The Balaban J connectivity index is 1.37. The zero-order valence-corrected chi connectivity index (χ0v) is 18.4. The van der Waals surface area contributed by atoms with Crippen molar-refractivity contribution in [1.82, 2.24) is 0 Å². The lowest BCUT2D eigenvalue weighted by Crippen LogP contribution is -2.44. The summed E-state index contributed by atoms with van der Waals surface area (Å²) in [5.41, 5.74) is 0. The predicted molar refractivity (Wildman–Crippen MR) is 103 cm³/mol. The summed E-state index contributed by atoms with van der Waals surface area (Å²) in [7, 11) is 0. The second-order valence-electron chi connectivity index (χ2n) is 8.33. The van der Waals surface area contributed by atoms with Crippen LogP contribution in [0.3, 0.4) is 0 Å². The molecule has 3 saturated heterocycles. The maximum atomic E-state index is 8.61. The molecule has 3 fully saturated rings. The molecular formula is C20H36O10. The van der Waals surface area contributed by atoms with Crippen molar-refractivity contribution in [2.75, 3.05) is 59.5 Å². The predicted octanol–water partition coefficient (Wildman–Crippen LogP) is 0.442. The van der Waals surface area contributed by atoms with E-state index in [1.807, 2.05) is 27.7 Å². The first-order valence-corrected chi connectivity index (χ1v) is 10.6. The molecule has 0 aliphatic carbocycles. The lowest BCUT2D eigenvalue weighted by Gasteiger charge is -2.29. The molecule has 3 heterocycles. The highest BCUT2D eigenvalue weighted by atomic mass is 16.8. The topological polar surface area (TPSA) is 103 Å². The third-order valence-corrected chi connectivity index (χ3v) is 4.94. The average molecular weight is 436 g/mol. The largest absolute Gasteiger partial charge is 0.394 e. The molecule has 3 aliphatic rings. The number of hydrogen-bond donors (Lipinski definition) is 1. The average Bonchev–Trinajstić information content (AvgIpc) is 3.29. The highest BCUT2D eigenvalue weighted by Gasteiger charge is 2.58. The molecule has 3 rings (SSSR count). The molecular weight excluding hydrogens is 400 g/mol. The van der Waals surface area contributed by atoms with E-state index in [2.05, 4.69) is 0 Å². The monoisotopic (exact) mass is 436 g/mol. The van der Waals surface area contributed by atoms with Crippen molar-refractivity contribution in [2.24, 2.45) is 0 Å². The number of fused-ring (bicyclic) bond motifs is 1. The fourth-order valence-corrected chi connectivity index (χ4v) is 3.72. The van der Waals surface area contributed by atoms with Gasteiger partial charge in [-0.25, -0.2) is 0 Å². The SMILES string of the molecule is CC1(C)O[C@H]2O[C@H]([C@@H]3COC(C)(C)O3)[C@H](OCCOCCOCCOCCO)[C@H]2O1. The minimum atomic E-state index is -0.719. The van der Waals surface area contributed by atoms with Gasteiger partial charge in [0.05, 0.1) is 59.5 Å². The quantitative estimate of drug-likeness (QED) is 0.409. The van der Waals surface area contributed by atoms with Gasteiger partial charge in [-0.3, -0.25) is 0 Å². The maximum Gasteiger partial charge on any atom is 0.190 e. The van der Waals surface area contributed by atoms with Crippen LogP contribution < -0.4 is 0 Å². The summed E-state index contributed by atoms with van der Waals surface area (Å²) >= 11 is 0. The summed E-state index contributed by atoms with van der Waals surface area (Å²) in [6.45, 7) is 10.9. The van der Waals surface area contributed by atoms with Crippen molar-refractivity contribution in [1.29, 1.82) is 0 Å². The number of aliphatic hydroxyl groups excluding tert-OH is 1. The Morgan fingerprint density at radius 3 is 2.00 bits per heavy atom. The van der Waals surface area contributed by atoms with E-state index in [1.165, 1.54) is 0 Å². The Morgan fingerprint density at radius 2 is 1.40 bits per heavy atom. The van der Waals surface area contributed by atoms with Crippen molar-refractivity contribution in [3.8, 4) is 0 Å². The van der Waals surface area contributed by atoms with Crippen LogP contribution in [0.5, 0.6) is 0 Å². The Labute approximate surface area is 177 Å². The van der Waals surface area contributed by atoms with Gasteiger partial charge >= 0.3 is 0 Å². The molecule has 0 unspecified atom stereocenters. The zero-order valence-electron chi connectivity index (χ0n) is 18.4. The van der Waals surface area contributed by atoms with Crippen LogP contribution >= 0.6 is 0 Å². The first-order chi connectivity index (χ1) is 14.3. The number of ether oxygens (including phenoxy) is 9. The van der Waals surface area contributed by atoms with Gasteiger partial charge in [0, 0.05) is 0 Å². The smallest absolute Gasteiger partial charge is 0.190 e. The van der Waals surface area contributed by atoms with Gasteiger partial charge in [0.15, 0.2) is 17.9 Å². The molecule has 0 aromatic rings. The van der Waals surface area contributed by atoms with Gasteiger partial charge in [-0.1, -0.05) is 0 Å². The van der Waals surface area contributed by atoms with Crippen LogP contribution in [0.25, 0.3) is 0 Å². The first kappa shape index (κ1) is 24.2. The molecule has 5 atom stereocenters. The van der Waals surface area contributed by atoms with Crippen molar-refractivity contribution < 1.29 is 47.7 Å². The minimum Gasteiger partial charge on any atom is -0.394 e. The third kappa shape index (κ3) is 6.80. The van der Waals surface area contributed by atoms with Gasteiger partial charge in [-0.05, 0) is 27.7 Å². The van der Waals surface area contributed by atoms with E-state index in [-0.39, 0.29) is 31.0 Å². The standard InChI is InChI=1S/C20H36O10/c1-19(2)26-13-14(28-19)15-16(17-18(27-15)30-20(3,4)29-17)25-12-11-24-10-9-23-8-7-22-6-5-21/h14-18,21H,5-13H2,1-4H3/t14-,15+,16-,17+,18+/m0/s1. The first-order valence-electron chi connectivity index (χ1n) is 10.6. The summed E-state index contributed by atoms with van der Waals surface area (Å²) in [4.78, 5) is 0. The van der Waals surface area contributed by atoms with Crippen molar-refractivity contribution in [2.45, 2.75) is 70.0 Å². The van der Waals surface area contributed by atoms with Gasteiger partial charge < -0.3 is 47.7 Å². The lowest BCUT2D eigenvalue weighted by molar-refractivity contribution is -0.236. The Morgan fingerprint density at radius 1 is 0.767 bits per heavy atom. The Bertz CT molecular complexity index is 514. The van der Waals surface area contributed by atoms with E-state index in [0.717, 1.165) is 0 Å². The van der Waals surface area contributed by atoms with Crippen molar-refractivity contribution in [3.63, 3.8) is 0 Å². The zero-order chi connectivity index (χ0) is 21.6. The summed E-state index contributed by atoms with van der Waals surface area (Å²) in [5.74, 6) is -1.37. The number of aliphatic hydroxyl groups is 1. The van der Waals surface area contributed by atoms with E-state index >= 15 is 0 Å². The molecule has 1 N–H and O–H groups in total. The summed E-state index contributed by atoms with van der Waals surface area (Å²) in [5, 5.41) is 8.61. The normalized spacial score (nSPS) is 34.5. The van der Waals surface area contributed by atoms with Gasteiger partial charge in [-0.2, -0.15) is 0 Å². The van der Waals surface area contributed by atoms with E-state index in [9.17, 15) is 0 Å².